The number of carbonyl (C=O) groups is 1. The number of ether oxygens (including phenoxy) is 2. The van der Waals surface area contributed by atoms with E-state index in [-0.39, 0.29) is 0 Å². The van der Waals surface area contributed by atoms with Gasteiger partial charge < -0.3 is 14.0 Å². The molecule has 0 aliphatic carbocycles. The number of carbonyl (C=O) groups excluding carboxylic acids is 1. The second-order valence-electron chi connectivity index (χ2n) is 4.42. The summed E-state index contributed by atoms with van der Waals surface area (Å²) in [5.41, 5.74) is 2.11. The smallest absolute Gasteiger partial charge is 0.170 e. The van der Waals surface area contributed by atoms with Crippen LogP contribution in [-0.4, -0.2) is 29.1 Å². The Kier molecular flexibility index (Phi) is 2.95. The zero-order chi connectivity index (χ0) is 13.2. The Morgan fingerprint density at radius 3 is 2.84 bits per heavy atom. The molecule has 0 bridgehead atoms. The molecule has 2 heterocycles. The highest BCUT2D eigenvalue weighted by atomic mass is 16.5. The van der Waals surface area contributed by atoms with Crippen molar-refractivity contribution in [3.05, 3.63) is 30.2 Å². The highest BCUT2D eigenvalue weighted by molar-refractivity contribution is 5.84. The second-order valence-corrected chi connectivity index (χ2v) is 4.42. The van der Waals surface area contributed by atoms with Crippen molar-refractivity contribution in [3.8, 4) is 22.8 Å². The normalized spacial score (nSPS) is 13.9. The quantitative estimate of drug-likeness (QED) is 0.774. The van der Waals surface area contributed by atoms with Crippen molar-refractivity contribution in [2.45, 2.75) is 6.42 Å². The number of nitrogens with zero attached hydrogens (tertiary/aromatic N) is 2. The lowest BCUT2D eigenvalue weighted by atomic mass is 10.1. The van der Waals surface area contributed by atoms with Crippen molar-refractivity contribution in [2.24, 2.45) is 7.05 Å². The largest absolute Gasteiger partial charge is 0.490 e. The van der Waals surface area contributed by atoms with Gasteiger partial charge in [-0.25, -0.2) is 4.98 Å². The van der Waals surface area contributed by atoms with Crippen molar-refractivity contribution >= 4 is 6.29 Å². The standard InChI is InChI=1S/C14H14N2O3/c1-16-9-15-11(8-17)14(16)10-3-4-12-13(7-10)19-6-2-5-18-12/h3-4,7-9H,2,5-6H2,1H3. The molecule has 19 heavy (non-hydrogen) atoms. The Bertz CT molecular complexity index is 619. The number of imidazole rings is 1. The molecule has 0 fully saturated rings. The summed E-state index contributed by atoms with van der Waals surface area (Å²) < 4.78 is 13.1. The molecule has 5 heteroatoms. The fourth-order valence-electron chi connectivity index (χ4n) is 2.20. The van der Waals surface area contributed by atoms with Gasteiger partial charge in [-0.2, -0.15) is 0 Å². The molecule has 0 radical (unpaired) electrons. The summed E-state index contributed by atoms with van der Waals surface area (Å²) in [6.45, 7) is 1.31. The average Bonchev–Trinajstić information content (AvgIpc) is 2.66. The van der Waals surface area contributed by atoms with Gasteiger partial charge in [0.05, 0.1) is 25.2 Å². The molecule has 0 atom stereocenters. The van der Waals surface area contributed by atoms with Crippen LogP contribution in [-0.2, 0) is 7.05 Å². The molecule has 98 valence electrons. The second kappa shape index (κ2) is 4.76. The molecule has 1 aromatic carbocycles. The monoisotopic (exact) mass is 258 g/mol. The van der Waals surface area contributed by atoms with E-state index < -0.39 is 0 Å². The maximum absolute atomic E-state index is 11.0. The number of aryl methyl sites for hydroxylation is 1. The summed E-state index contributed by atoms with van der Waals surface area (Å²) in [5.74, 6) is 1.46. The minimum Gasteiger partial charge on any atom is -0.490 e. The highest BCUT2D eigenvalue weighted by Crippen LogP contribution is 2.34. The van der Waals surface area contributed by atoms with Crippen LogP contribution in [0.1, 0.15) is 16.9 Å². The molecule has 0 saturated heterocycles. The Morgan fingerprint density at radius 2 is 2.05 bits per heavy atom. The topological polar surface area (TPSA) is 53.4 Å². The van der Waals surface area contributed by atoms with E-state index in [1.807, 2.05) is 29.8 Å². The van der Waals surface area contributed by atoms with E-state index in [1.165, 1.54) is 0 Å². The van der Waals surface area contributed by atoms with E-state index in [0.717, 1.165) is 29.7 Å². The van der Waals surface area contributed by atoms with Gasteiger partial charge in [-0.3, -0.25) is 4.79 Å². The third-order valence-corrected chi connectivity index (χ3v) is 3.10. The third-order valence-electron chi connectivity index (χ3n) is 3.10. The van der Waals surface area contributed by atoms with Crippen molar-refractivity contribution in [1.29, 1.82) is 0 Å². The van der Waals surface area contributed by atoms with Crippen LogP contribution >= 0.6 is 0 Å². The molecule has 2 aromatic rings. The van der Waals surface area contributed by atoms with Gasteiger partial charge in [-0.05, 0) is 18.2 Å². The molecule has 0 N–H and O–H groups in total. The van der Waals surface area contributed by atoms with E-state index in [0.29, 0.717) is 24.7 Å². The average molecular weight is 258 g/mol. The number of aromatic nitrogens is 2. The van der Waals surface area contributed by atoms with Crippen LogP contribution in [0.5, 0.6) is 11.5 Å². The lowest BCUT2D eigenvalue weighted by Gasteiger charge is -2.10. The maximum Gasteiger partial charge on any atom is 0.170 e. The molecular weight excluding hydrogens is 244 g/mol. The van der Waals surface area contributed by atoms with Crippen LogP contribution in [0.2, 0.25) is 0 Å². The summed E-state index contributed by atoms with van der Waals surface area (Å²) in [6.07, 6.45) is 3.26. The molecule has 1 aromatic heterocycles. The predicted octanol–water partition coefficient (Wildman–Crippen LogP) is 2.06. The molecule has 3 rings (SSSR count). The van der Waals surface area contributed by atoms with Gasteiger partial charge in [-0.1, -0.05) is 0 Å². The zero-order valence-electron chi connectivity index (χ0n) is 10.6. The third kappa shape index (κ3) is 2.07. The SMILES string of the molecule is Cn1cnc(C=O)c1-c1ccc2c(c1)OCCCO2. The number of hydrogen-bond acceptors (Lipinski definition) is 4. The van der Waals surface area contributed by atoms with E-state index in [2.05, 4.69) is 4.98 Å². The van der Waals surface area contributed by atoms with Crippen molar-refractivity contribution in [3.63, 3.8) is 0 Å². The van der Waals surface area contributed by atoms with Gasteiger partial charge in [0.25, 0.3) is 0 Å². The van der Waals surface area contributed by atoms with Crippen LogP contribution in [0.3, 0.4) is 0 Å². The molecule has 0 unspecified atom stereocenters. The number of benzene rings is 1. The van der Waals surface area contributed by atoms with Gasteiger partial charge in [0, 0.05) is 19.0 Å². The minimum atomic E-state index is 0.428. The number of aldehydes is 1. The Morgan fingerprint density at radius 1 is 1.26 bits per heavy atom. The Balaban J connectivity index is 2.08. The first-order valence-corrected chi connectivity index (χ1v) is 6.16. The molecular formula is C14H14N2O3. The fourth-order valence-corrected chi connectivity index (χ4v) is 2.20. The van der Waals surface area contributed by atoms with Crippen molar-refractivity contribution < 1.29 is 14.3 Å². The van der Waals surface area contributed by atoms with Gasteiger partial charge in [0.1, 0.15) is 5.69 Å². The van der Waals surface area contributed by atoms with Gasteiger partial charge >= 0.3 is 0 Å². The minimum absolute atomic E-state index is 0.428. The van der Waals surface area contributed by atoms with Gasteiger partial charge in [-0.15, -0.1) is 0 Å². The van der Waals surface area contributed by atoms with E-state index in [4.69, 9.17) is 9.47 Å². The van der Waals surface area contributed by atoms with Crippen LogP contribution in [0, 0.1) is 0 Å². The van der Waals surface area contributed by atoms with E-state index in [1.54, 1.807) is 6.33 Å². The number of rotatable bonds is 2. The number of fused-ring (bicyclic) bond motifs is 1. The Hall–Kier alpha value is -2.30. The van der Waals surface area contributed by atoms with Gasteiger partial charge in [0.15, 0.2) is 17.8 Å². The van der Waals surface area contributed by atoms with Gasteiger partial charge in [0.2, 0.25) is 0 Å². The summed E-state index contributed by atoms with van der Waals surface area (Å²) in [6, 6.07) is 5.68. The van der Waals surface area contributed by atoms with Crippen molar-refractivity contribution in [1.82, 2.24) is 9.55 Å². The molecule has 1 aliphatic heterocycles. The lowest BCUT2D eigenvalue weighted by molar-refractivity contribution is 0.112. The molecule has 0 spiro atoms. The van der Waals surface area contributed by atoms with E-state index in [9.17, 15) is 4.79 Å². The maximum atomic E-state index is 11.0. The summed E-state index contributed by atoms with van der Waals surface area (Å²) >= 11 is 0. The Labute approximate surface area is 110 Å². The summed E-state index contributed by atoms with van der Waals surface area (Å²) in [4.78, 5) is 15.1. The van der Waals surface area contributed by atoms with Crippen LogP contribution in [0.15, 0.2) is 24.5 Å². The molecule has 5 nitrogen and oxygen atoms in total. The molecule has 0 saturated carbocycles. The fraction of sp³-hybridized carbons (Fsp3) is 0.286. The van der Waals surface area contributed by atoms with E-state index >= 15 is 0 Å². The summed E-state index contributed by atoms with van der Waals surface area (Å²) in [7, 11) is 1.86. The molecule has 1 aliphatic rings. The first kappa shape index (κ1) is 11.8. The predicted molar refractivity (Wildman–Crippen MR) is 69.6 cm³/mol. The first-order valence-electron chi connectivity index (χ1n) is 6.16. The lowest BCUT2D eigenvalue weighted by Crippen LogP contribution is -1.97. The van der Waals surface area contributed by atoms with Crippen LogP contribution < -0.4 is 9.47 Å². The first-order chi connectivity index (χ1) is 9.29. The highest BCUT2D eigenvalue weighted by Gasteiger charge is 2.15. The zero-order valence-corrected chi connectivity index (χ0v) is 10.6. The van der Waals surface area contributed by atoms with Crippen LogP contribution in [0.25, 0.3) is 11.3 Å². The van der Waals surface area contributed by atoms with Crippen molar-refractivity contribution in [2.75, 3.05) is 13.2 Å². The molecule has 0 amide bonds. The summed E-state index contributed by atoms with van der Waals surface area (Å²) in [5, 5.41) is 0. The van der Waals surface area contributed by atoms with Crippen LogP contribution in [0.4, 0.5) is 0 Å². The number of hydrogen-bond donors (Lipinski definition) is 0.